The first-order valence-corrected chi connectivity index (χ1v) is 10.9. The van der Waals surface area contributed by atoms with E-state index in [0.717, 1.165) is 54.2 Å². The predicted octanol–water partition coefficient (Wildman–Crippen LogP) is 3.66. The number of hydrogen-bond donors (Lipinski definition) is 1. The number of morpholine rings is 1. The largest absolute Gasteiger partial charge is 0.423 e. The highest BCUT2D eigenvalue weighted by Gasteiger charge is 2.14. The summed E-state index contributed by atoms with van der Waals surface area (Å²) in [5, 5.41) is 4.30. The highest BCUT2D eigenvalue weighted by atomic mass is 35.5. The van der Waals surface area contributed by atoms with Crippen LogP contribution >= 0.6 is 11.6 Å². The summed E-state index contributed by atoms with van der Waals surface area (Å²) in [6.07, 6.45) is 0. The molecule has 0 spiro atoms. The van der Waals surface area contributed by atoms with E-state index in [0.29, 0.717) is 17.2 Å². The first-order chi connectivity index (χ1) is 15.4. The van der Waals surface area contributed by atoms with Crippen molar-refractivity contribution < 1.29 is 13.9 Å². The third kappa shape index (κ3) is 5.30. The summed E-state index contributed by atoms with van der Waals surface area (Å²) < 4.78 is 10.7. The number of amides is 1. The van der Waals surface area contributed by atoms with Crippen LogP contribution in [0.4, 0.5) is 11.4 Å². The van der Waals surface area contributed by atoms with Gasteiger partial charge in [0.15, 0.2) is 0 Å². The maximum Gasteiger partial charge on any atom is 0.336 e. The number of carbonyl (C=O) groups is 1. The minimum absolute atomic E-state index is 0.132. The summed E-state index contributed by atoms with van der Waals surface area (Å²) in [5.74, 6) is -0.132. The molecule has 0 atom stereocenters. The molecule has 1 saturated heterocycles. The van der Waals surface area contributed by atoms with Gasteiger partial charge in [-0.25, -0.2) is 4.79 Å². The average molecular weight is 456 g/mol. The molecule has 7 nitrogen and oxygen atoms in total. The standard InChI is InChI=1S/C24H26ClN3O4/c1-16-11-22-20(13-21(16)25)17(12-24(30)32-22)14-27(2)15-23(29)26-18-3-5-19(6-4-18)28-7-9-31-10-8-28/h3-6,11-13H,7-10,14-15H2,1-2H3,(H,26,29). The number of fused-ring (bicyclic) bond motifs is 1. The summed E-state index contributed by atoms with van der Waals surface area (Å²) >= 11 is 6.26. The van der Waals surface area contributed by atoms with Crippen LogP contribution in [0.1, 0.15) is 11.1 Å². The molecule has 1 aliphatic heterocycles. The van der Waals surface area contributed by atoms with Gasteiger partial charge in [-0.2, -0.15) is 0 Å². The molecule has 3 aromatic rings. The number of rotatable bonds is 6. The molecule has 168 valence electrons. The monoisotopic (exact) mass is 455 g/mol. The molecule has 0 aliphatic carbocycles. The molecule has 4 rings (SSSR count). The van der Waals surface area contributed by atoms with Crippen LogP contribution in [0.15, 0.2) is 51.7 Å². The maximum absolute atomic E-state index is 12.5. The summed E-state index contributed by atoms with van der Waals surface area (Å²) in [5.41, 5.74) is 3.54. The lowest BCUT2D eigenvalue weighted by molar-refractivity contribution is -0.117. The summed E-state index contributed by atoms with van der Waals surface area (Å²) in [6.45, 7) is 5.64. The quantitative estimate of drug-likeness (QED) is 0.572. The Labute approximate surface area is 191 Å². The Bertz CT molecular complexity index is 1170. The Morgan fingerprint density at radius 3 is 2.59 bits per heavy atom. The zero-order valence-corrected chi connectivity index (χ0v) is 18.9. The number of carbonyl (C=O) groups excluding carboxylic acids is 1. The van der Waals surface area contributed by atoms with Crippen LogP contribution in [0.5, 0.6) is 0 Å². The van der Waals surface area contributed by atoms with Crippen molar-refractivity contribution in [3.63, 3.8) is 0 Å². The van der Waals surface area contributed by atoms with E-state index in [9.17, 15) is 9.59 Å². The van der Waals surface area contributed by atoms with Crippen LogP contribution in [-0.4, -0.2) is 50.7 Å². The van der Waals surface area contributed by atoms with Crippen LogP contribution in [0, 0.1) is 6.92 Å². The Balaban J connectivity index is 1.39. The first kappa shape index (κ1) is 22.3. The van der Waals surface area contributed by atoms with Gasteiger partial charge in [0.1, 0.15) is 5.58 Å². The minimum Gasteiger partial charge on any atom is -0.423 e. The van der Waals surface area contributed by atoms with E-state index < -0.39 is 5.63 Å². The average Bonchev–Trinajstić information content (AvgIpc) is 2.76. The predicted molar refractivity (Wildman–Crippen MR) is 127 cm³/mol. The van der Waals surface area contributed by atoms with Gasteiger partial charge in [0, 0.05) is 47.5 Å². The number of nitrogens with zero attached hydrogens (tertiary/aromatic N) is 2. The second-order valence-corrected chi connectivity index (χ2v) is 8.46. The molecule has 1 aliphatic rings. The number of anilines is 2. The van der Waals surface area contributed by atoms with Crippen molar-refractivity contribution >= 4 is 39.9 Å². The summed E-state index contributed by atoms with van der Waals surface area (Å²) in [6, 6.07) is 12.8. The summed E-state index contributed by atoms with van der Waals surface area (Å²) in [7, 11) is 1.83. The van der Waals surface area contributed by atoms with Crippen LogP contribution in [0.2, 0.25) is 5.02 Å². The molecule has 0 unspecified atom stereocenters. The first-order valence-electron chi connectivity index (χ1n) is 10.5. The fourth-order valence-electron chi connectivity index (χ4n) is 3.85. The Hall–Kier alpha value is -2.87. The van der Waals surface area contributed by atoms with Gasteiger partial charge in [-0.05, 0) is 61.5 Å². The van der Waals surface area contributed by atoms with E-state index in [1.807, 2.05) is 43.1 Å². The number of nitrogens with one attached hydrogen (secondary N) is 1. The highest BCUT2D eigenvalue weighted by molar-refractivity contribution is 6.32. The smallest absolute Gasteiger partial charge is 0.336 e. The second kappa shape index (κ2) is 9.73. The van der Waals surface area contributed by atoms with Gasteiger partial charge in [0.05, 0.1) is 19.8 Å². The van der Waals surface area contributed by atoms with Crippen molar-refractivity contribution in [3.05, 3.63) is 69.0 Å². The zero-order chi connectivity index (χ0) is 22.7. The molecule has 8 heteroatoms. The van der Waals surface area contributed by atoms with Gasteiger partial charge in [0.25, 0.3) is 0 Å². The molecule has 0 bridgehead atoms. The minimum atomic E-state index is -0.424. The molecule has 1 fully saturated rings. The zero-order valence-electron chi connectivity index (χ0n) is 18.2. The van der Waals surface area contributed by atoms with Gasteiger partial charge < -0.3 is 19.4 Å². The number of ether oxygens (including phenoxy) is 1. The van der Waals surface area contributed by atoms with E-state index >= 15 is 0 Å². The number of hydrogen-bond acceptors (Lipinski definition) is 6. The van der Waals surface area contributed by atoms with Crippen molar-refractivity contribution in [1.29, 1.82) is 0 Å². The molecule has 0 saturated carbocycles. The van der Waals surface area contributed by atoms with Crippen molar-refractivity contribution in [2.45, 2.75) is 13.5 Å². The second-order valence-electron chi connectivity index (χ2n) is 8.05. The number of aryl methyl sites for hydroxylation is 1. The molecule has 0 radical (unpaired) electrons. The van der Waals surface area contributed by atoms with Gasteiger partial charge in [0.2, 0.25) is 5.91 Å². The topological polar surface area (TPSA) is 75.0 Å². The molecule has 1 amide bonds. The lowest BCUT2D eigenvalue weighted by atomic mass is 10.1. The lowest BCUT2D eigenvalue weighted by Crippen LogP contribution is -2.36. The van der Waals surface area contributed by atoms with Crippen LogP contribution < -0.4 is 15.8 Å². The van der Waals surface area contributed by atoms with Crippen molar-refractivity contribution in [2.24, 2.45) is 0 Å². The Morgan fingerprint density at radius 2 is 1.88 bits per heavy atom. The molecule has 32 heavy (non-hydrogen) atoms. The Kier molecular flexibility index (Phi) is 6.79. The molecular weight excluding hydrogens is 430 g/mol. The number of benzene rings is 2. The third-order valence-electron chi connectivity index (χ3n) is 5.49. The van der Waals surface area contributed by atoms with Crippen molar-refractivity contribution in [3.8, 4) is 0 Å². The van der Waals surface area contributed by atoms with E-state index in [1.165, 1.54) is 6.07 Å². The van der Waals surface area contributed by atoms with E-state index in [2.05, 4.69) is 10.2 Å². The van der Waals surface area contributed by atoms with Gasteiger partial charge in [-0.1, -0.05) is 11.6 Å². The highest BCUT2D eigenvalue weighted by Crippen LogP contribution is 2.26. The number of halogens is 1. The van der Waals surface area contributed by atoms with E-state index in [4.69, 9.17) is 20.8 Å². The van der Waals surface area contributed by atoms with E-state index in [-0.39, 0.29) is 12.5 Å². The maximum atomic E-state index is 12.5. The van der Waals surface area contributed by atoms with Crippen LogP contribution in [0.3, 0.4) is 0 Å². The SMILES string of the molecule is Cc1cc2oc(=O)cc(CN(C)CC(=O)Nc3ccc(N4CCOCC4)cc3)c2cc1Cl. The number of likely N-dealkylation sites (N-methyl/N-ethyl adjacent to an activating group) is 1. The van der Waals surface area contributed by atoms with Gasteiger partial charge >= 0.3 is 5.63 Å². The normalized spacial score (nSPS) is 14.2. The van der Waals surface area contributed by atoms with E-state index in [1.54, 1.807) is 12.1 Å². The molecular formula is C24H26ClN3O4. The van der Waals surface area contributed by atoms with Gasteiger partial charge in [-0.3, -0.25) is 9.69 Å². The van der Waals surface area contributed by atoms with Gasteiger partial charge in [-0.15, -0.1) is 0 Å². The summed E-state index contributed by atoms with van der Waals surface area (Å²) in [4.78, 5) is 28.6. The lowest BCUT2D eigenvalue weighted by Gasteiger charge is -2.28. The molecule has 2 heterocycles. The molecule has 2 aromatic carbocycles. The van der Waals surface area contributed by atoms with Crippen LogP contribution in [0.25, 0.3) is 11.0 Å². The molecule has 1 aromatic heterocycles. The fourth-order valence-corrected chi connectivity index (χ4v) is 4.01. The molecule has 1 N–H and O–H groups in total. The third-order valence-corrected chi connectivity index (χ3v) is 5.90. The van der Waals surface area contributed by atoms with Crippen LogP contribution in [-0.2, 0) is 16.1 Å². The van der Waals surface area contributed by atoms with Crippen molar-refractivity contribution in [1.82, 2.24) is 4.90 Å². The fraction of sp³-hybridized carbons (Fsp3) is 0.333. The Morgan fingerprint density at radius 1 is 1.16 bits per heavy atom. The van der Waals surface area contributed by atoms with Crippen molar-refractivity contribution in [2.75, 3.05) is 50.1 Å².